The second-order valence-corrected chi connectivity index (χ2v) is 8.44. The third-order valence-electron chi connectivity index (χ3n) is 6.17. The van der Waals surface area contributed by atoms with Gasteiger partial charge in [0, 0.05) is 22.8 Å². The predicted molar refractivity (Wildman–Crippen MR) is 147 cm³/mol. The van der Waals surface area contributed by atoms with Crippen molar-refractivity contribution in [3.63, 3.8) is 0 Å². The van der Waals surface area contributed by atoms with E-state index in [0.717, 1.165) is 28.0 Å². The molecule has 0 heterocycles. The summed E-state index contributed by atoms with van der Waals surface area (Å²) < 4.78 is 17.2. The summed E-state index contributed by atoms with van der Waals surface area (Å²) in [6, 6.07) is 38.9. The fourth-order valence-electron chi connectivity index (χ4n) is 4.27. The number of ketones is 1. The molecule has 4 heteroatoms. The van der Waals surface area contributed by atoms with Crippen LogP contribution in [0, 0.1) is 0 Å². The molecule has 5 aromatic carbocycles. The number of para-hydroxylation sites is 1. The van der Waals surface area contributed by atoms with Crippen LogP contribution in [0.1, 0.15) is 15.9 Å². The van der Waals surface area contributed by atoms with Crippen molar-refractivity contribution < 1.29 is 19.0 Å². The molecule has 0 amide bonds. The largest absolute Gasteiger partial charge is 0.497 e. The van der Waals surface area contributed by atoms with Gasteiger partial charge in [0.2, 0.25) is 0 Å². The molecule has 0 saturated carbocycles. The molecule has 182 valence electrons. The molecule has 0 unspecified atom stereocenters. The zero-order chi connectivity index (χ0) is 25.6. The lowest BCUT2D eigenvalue weighted by Crippen LogP contribution is -2.04. The third kappa shape index (κ3) is 5.09. The molecule has 37 heavy (non-hydrogen) atoms. The normalized spacial score (nSPS) is 10.5. The first-order valence-corrected chi connectivity index (χ1v) is 12.0. The Kier molecular flexibility index (Phi) is 7.00. The highest BCUT2D eigenvalue weighted by Gasteiger charge is 2.17. The fourth-order valence-corrected chi connectivity index (χ4v) is 4.27. The van der Waals surface area contributed by atoms with Crippen molar-refractivity contribution in [1.82, 2.24) is 0 Å². The van der Waals surface area contributed by atoms with Gasteiger partial charge in [-0.15, -0.1) is 0 Å². The van der Waals surface area contributed by atoms with Crippen LogP contribution in [0.5, 0.6) is 23.0 Å². The fraction of sp³-hybridized carbons (Fsp3) is 0.0606. The number of hydrogen-bond acceptors (Lipinski definition) is 4. The lowest BCUT2D eigenvalue weighted by molar-refractivity contribution is 0.103. The van der Waals surface area contributed by atoms with Crippen molar-refractivity contribution in [2.75, 3.05) is 14.2 Å². The highest BCUT2D eigenvalue weighted by atomic mass is 16.5. The van der Waals surface area contributed by atoms with Gasteiger partial charge in [-0.2, -0.15) is 0 Å². The van der Waals surface area contributed by atoms with Crippen LogP contribution in [0.2, 0.25) is 0 Å². The van der Waals surface area contributed by atoms with Crippen molar-refractivity contribution in [2.45, 2.75) is 0 Å². The SMILES string of the molecule is COc1ccc(C(=O)c2ccc(Oc3c(-c4ccccc4)cccc3-c3ccccc3)cc2)c(OC)c1. The molecule has 0 aliphatic rings. The molecular formula is C33H26O4. The topological polar surface area (TPSA) is 44.8 Å². The van der Waals surface area contributed by atoms with Crippen molar-refractivity contribution in [3.8, 4) is 45.3 Å². The van der Waals surface area contributed by atoms with E-state index in [-0.39, 0.29) is 5.78 Å². The smallest absolute Gasteiger partial charge is 0.196 e. The van der Waals surface area contributed by atoms with Crippen LogP contribution < -0.4 is 14.2 Å². The van der Waals surface area contributed by atoms with Crippen molar-refractivity contribution in [2.24, 2.45) is 0 Å². The van der Waals surface area contributed by atoms with Gasteiger partial charge in [0.1, 0.15) is 23.0 Å². The first-order valence-electron chi connectivity index (χ1n) is 12.0. The second-order valence-electron chi connectivity index (χ2n) is 8.44. The van der Waals surface area contributed by atoms with Crippen molar-refractivity contribution >= 4 is 5.78 Å². The average Bonchev–Trinajstić information content (AvgIpc) is 2.98. The van der Waals surface area contributed by atoms with E-state index in [1.165, 1.54) is 7.11 Å². The molecule has 0 aliphatic heterocycles. The van der Waals surface area contributed by atoms with Crippen molar-refractivity contribution in [3.05, 3.63) is 132 Å². The summed E-state index contributed by atoms with van der Waals surface area (Å²) >= 11 is 0. The number of ether oxygens (including phenoxy) is 3. The van der Waals surface area contributed by atoms with Gasteiger partial charge < -0.3 is 14.2 Å². The summed E-state index contributed by atoms with van der Waals surface area (Å²) in [5.74, 6) is 2.35. The first-order chi connectivity index (χ1) is 18.2. The number of methoxy groups -OCH3 is 2. The molecule has 0 bridgehead atoms. The Hall–Kier alpha value is -4.83. The van der Waals surface area contributed by atoms with Crippen LogP contribution in [0.3, 0.4) is 0 Å². The molecule has 0 spiro atoms. The predicted octanol–water partition coefficient (Wildman–Crippen LogP) is 8.06. The number of carbonyl (C=O) groups excluding carboxylic acids is 1. The molecule has 5 rings (SSSR count). The van der Waals surface area contributed by atoms with Gasteiger partial charge in [0.05, 0.1) is 19.8 Å². The summed E-state index contributed by atoms with van der Waals surface area (Å²) in [6.07, 6.45) is 0. The third-order valence-corrected chi connectivity index (χ3v) is 6.17. The summed E-state index contributed by atoms with van der Waals surface area (Å²) in [5, 5.41) is 0. The average molecular weight is 487 g/mol. The minimum absolute atomic E-state index is 0.138. The van der Waals surface area contributed by atoms with Gasteiger partial charge in [-0.25, -0.2) is 0 Å². The molecule has 5 aromatic rings. The number of hydrogen-bond donors (Lipinski definition) is 0. The molecule has 0 N–H and O–H groups in total. The zero-order valence-corrected chi connectivity index (χ0v) is 20.7. The van der Waals surface area contributed by atoms with E-state index in [9.17, 15) is 4.79 Å². The number of carbonyl (C=O) groups is 1. The van der Waals surface area contributed by atoms with E-state index < -0.39 is 0 Å². The van der Waals surface area contributed by atoms with Gasteiger partial charge >= 0.3 is 0 Å². The highest BCUT2D eigenvalue weighted by molar-refractivity contribution is 6.10. The lowest BCUT2D eigenvalue weighted by atomic mass is 9.97. The maximum atomic E-state index is 13.2. The van der Waals surface area contributed by atoms with Crippen LogP contribution in [0.25, 0.3) is 22.3 Å². The molecule has 0 atom stereocenters. The van der Waals surface area contributed by atoms with Gasteiger partial charge in [-0.1, -0.05) is 78.9 Å². The van der Waals surface area contributed by atoms with Crippen LogP contribution in [-0.4, -0.2) is 20.0 Å². The molecular weight excluding hydrogens is 460 g/mol. The highest BCUT2D eigenvalue weighted by Crippen LogP contribution is 2.41. The van der Waals surface area contributed by atoms with Crippen LogP contribution in [0.15, 0.2) is 121 Å². The van der Waals surface area contributed by atoms with E-state index in [0.29, 0.717) is 28.4 Å². The quantitative estimate of drug-likeness (QED) is 0.208. The minimum atomic E-state index is -0.138. The second kappa shape index (κ2) is 10.8. The van der Waals surface area contributed by atoms with Gasteiger partial charge in [0.25, 0.3) is 0 Å². The molecule has 0 fully saturated rings. The Morgan fingerprint density at radius 2 is 1.14 bits per heavy atom. The molecule has 0 saturated heterocycles. The van der Waals surface area contributed by atoms with E-state index in [1.807, 2.05) is 54.6 Å². The maximum Gasteiger partial charge on any atom is 0.196 e. The standard InChI is InChI=1S/C33H26O4/c1-35-27-20-21-30(31(22-27)36-2)32(34)25-16-18-26(19-17-25)37-33-28(23-10-5-3-6-11-23)14-9-15-29(33)24-12-7-4-8-13-24/h3-22H,1-2H3. The Morgan fingerprint density at radius 3 is 1.68 bits per heavy atom. The maximum absolute atomic E-state index is 13.2. The molecule has 0 aromatic heterocycles. The molecule has 0 aliphatic carbocycles. The molecule has 0 radical (unpaired) electrons. The Balaban J connectivity index is 1.50. The zero-order valence-electron chi connectivity index (χ0n) is 20.7. The number of rotatable bonds is 8. The summed E-state index contributed by atoms with van der Waals surface area (Å²) in [7, 11) is 3.12. The Morgan fingerprint density at radius 1 is 0.568 bits per heavy atom. The van der Waals surface area contributed by atoms with E-state index in [2.05, 4.69) is 36.4 Å². The van der Waals surface area contributed by atoms with Crippen molar-refractivity contribution in [1.29, 1.82) is 0 Å². The molecule has 4 nitrogen and oxygen atoms in total. The first kappa shape index (κ1) is 23.9. The van der Waals surface area contributed by atoms with E-state index >= 15 is 0 Å². The van der Waals surface area contributed by atoms with Gasteiger partial charge in [-0.05, 0) is 47.5 Å². The summed E-state index contributed by atoms with van der Waals surface area (Å²) in [4.78, 5) is 13.2. The number of benzene rings is 5. The van der Waals surface area contributed by atoms with Gasteiger partial charge in [-0.3, -0.25) is 4.79 Å². The Bertz CT molecular complexity index is 1450. The van der Waals surface area contributed by atoms with Crippen LogP contribution in [-0.2, 0) is 0 Å². The summed E-state index contributed by atoms with van der Waals surface area (Å²) in [5.41, 5.74) is 5.12. The monoisotopic (exact) mass is 486 g/mol. The Labute approximate surface area is 216 Å². The van der Waals surface area contributed by atoms with Crippen LogP contribution in [0.4, 0.5) is 0 Å². The van der Waals surface area contributed by atoms with E-state index in [4.69, 9.17) is 14.2 Å². The summed E-state index contributed by atoms with van der Waals surface area (Å²) in [6.45, 7) is 0. The lowest BCUT2D eigenvalue weighted by Gasteiger charge is -2.17. The van der Waals surface area contributed by atoms with Crippen LogP contribution >= 0.6 is 0 Å². The van der Waals surface area contributed by atoms with E-state index in [1.54, 1.807) is 37.4 Å². The van der Waals surface area contributed by atoms with Gasteiger partial charge in [0.15, 0.2) is 5.78 Å². The minimum Gasteiger partial charge on any atom is -0.497 e.